The molecule has 0 radical (unpaired) electrons. The Bertz CT molecular complexity index is 1130. The van der Waals surface area contributed by atoms with Crippen molar-refractivity contribution in [2.75, 3.05) is 31.7 Å². The molecule has 3 heterocycles. The van der Waals surface area contributed by atoms with E-state index in [1.54, 1.807) is 19.2 Å². The quantitative estimate of drug-likeness (QED) is 0.635. The summed E-state index contributed by atoms with van der Waals surface area (Å²) in [5, 5.41) is 0. The second kappa shape index (κ2) is 8.32. The lowest BCUT2D eigenvalue weighted by Crippen LogP contribution is -2.64. The Labute approximate surface area is 191 Å². The number of carbonyl (C=O) groups is 2. The van der Waals surface area contributed by atoms with E-state index in [0.29, 0.717) is 18.3 Å². The van der Waals surface area contributed by atoms with Gasteiger partial charge in [-0.1, -0.05) is 30.3 Å². The number of hydrogen-bond donors (Lipinski definition) is 0. The number of benzene rings is 2. The monoisotopic (exact) mass is 449 g/mol. The van der Waals surface area contributed by atoms with Crippen LogP contribution in [-0.2, 0) is 9.53 Å². The first-order chi connectivity index (χ1) is 16.0. The number of likely N-dealkylation sites (N-methyl/N-ethyl adjacent to an activating group) is 1. The second-order valence-electron chi connectivity index (χ2n) is 7.97. The topological polar surface area (TPSA) is 68.7 Å². The van der Waals surface area contributed by atoms with Gasteiger partial charge in [0.25, 0.3) is 5.91 Å². The number of aliphatic imine (C=N–C) groups is 1. The van der Waals surface area contributed by atoms with Crippen LogP contribution < -0.4 is 4.90 Å². The summed E-state index contributed by atoms with van der Waals surface area (Å²) < 4.78 is 19.0. The van der Waals surface area contributed by atoms with Crippen LogP contribution in [0.25, 0.3) is 5.70 Å². The highest BCUT2D eigenvalue weighted by Crippen LogP contribution is 2.39. The summed E-state index contributed by atoms with van der Waals surface area (Å²) in [4.78, 5) is 37.5. The van der Waals surface area contributed by atoms with E-state index in [-0.39, 0.29) is 24.9 Å². The summed E-state index contributed by atoms with van der Waals surface area (Å²) in [5.74, 6) is -0.131. The van der Waals surface area contributed by atoms with E-state index in [1.807, 2.05) is 53.3 Å². The van der Waals surface area contributed by atoms with Gasteiger partial charge in [0.2, 0.25) is 5.96 Å². The maximum Gasteiger partial charge on any atom is 0.328 e. The van der Waals surface area contributed by atoms with Crippen LogP contribution in [0, 0.1) is 5.82 Å². The number of halogens is 1. The van der Waals surface area contributed by atoms with Crippen LogP contribution in [-0.4, -0.2) is 71.6 Å². The summed E-state index contributed by atoms with van der Waals surface area (Å²) in [5.41, 5.74) is 2.45. The zero-order chi connectivity index (χ0) is 23.1. The van der Waals surface area contributed by atoms with E-state index >= 15 is 0 Å². The smallest absolute Gasteiger partial charge is 0.328 e. The maximum absolute atomic E-state index is 13.6. The average Bonchev–Trinajstić information content (AvgIpc) is 3.38. The van der Waals surface area contributed by atoms with Gasteiger partial charge in [0.05, 0.1) is 18.8 Å². The number of carbonyl (C=O) groups excluding carboxylic acids is 2. The lowest BCUT2D eigenvalue weighted by atomic mass is 10.1. The van der Waals surface area contributed by atoms with E-state index in [9.17, 15) is 14.0 Å². The molecule has 0 bridgehead atoms. The lowest BCUT2D eigenvalue weighted by molar-refractivity contribution is -0.137. The molecule has 0 aromatic heterocycles. The van der Waals surface area contributed by atoms with Gasteiger partial charge < -0.3 is 9.64 Å². The third-order valence-corrected chi connectivity index (χ3v) is 6.03. The minimum atomic E-state index is -0.687. The third-order valence-electron chi connectivity index (χ3n) is 6.03. The molecule has 1 fully saturated rings. The van der Waals surface area contributed by atoms with Crippen molar-refractivity contribution in [3.63, 3.8) is 0 Å². The molecule has 0 aliphatic carbocycles. The first-order valence-electron chi connectivity index (χ1n) is 10.9. The molecule has 2 atom stereocenters. The van der Waals surface area contributed by atoms with Crippen molar-refractivity contribution >= 4 is 29.3 Å². The molecular weight excluding hydrogens is 425 g/mol. The van der Waals surface area contributed by atoms with Gasteiger partial charge in [0, 0.05) is 31.1 Å². The lowest BCUT2D eigenvalue weighted by Gasteiger charge is -2.40. The molecule has 170 valence electrons. The van der Waals surface area contributed by atoms with E-state index < -0.39 is 18.2 Å². The normalized spacial score (nSPS) is 21.9. The van der Waals surface area contributed by atoms with Crippen LogP contribution in [0.3, 0.4) is 0 Å². The highest BCUT2D eigenvalue weighted by atomic mass is 19.1. The molecule has 3 aliphatic heterocycles. The molecule has 2 aromatic carbocycles. The van der Waals surface area contributed by atoms with Gasteiger partial charge in [-0.15, -0.1) is 0 Å². The zero-order valence-electron chi connectivity index (χ0n) is 18.4. The van der Waals surface area contributed by atoms with E-state index in [1.165, 1.54) is 21.9 Å². The minimum absolute atomic E-state index is 0.180. The van der Waals surface area contributed by atoms with E-state index in [2.05, 4.69) is 0 Å². The van der Waals surface area contributed by atoms with Crippen molar-refractivity contribution in [3.8, 4) is 0 Å². The number of anilines is 1. The van der Waals surface area contributed by atoms with Gasteiger partial charge in [-0.05, 0) is 31.2 Å². The maximum atomic E-state index is 13.6. The van der Waals surface area contributed by atoms with Crippen molar-refractivity contribution in [3.05, 3.63) is 72.2 Å². The van der Waals surface area contributed by atoms with Crippen LogP contribution >= 0.6 is 0 Å². The average molecular weight is 449 g/mol. The molecule has 3 amide bonds. The van der Waals surface area contributed by atoms with Crippen molar-refractivity contribution in [2.24, 2.45) is 4.99 Å². The Hall–Kier alpha value is -3.72. The SMILES string of the molecule is CCOCCN1C(=O)C2C(N=C3N(c4ccc(F)cc4)C(c4ccccc4)=CN32)N(C)C1=O. The highest BCUT2D eigenvalue weighted by Gasteiger charge is 2.54. The number of imide groups is 1. The van der Waals surface area contributed by atoms with Crippen molar-refractivity contribution in [2.45, 2.75) is 19.1 Å². The van der Waals surface area contributed by atoms with Crippen LogP contribution in [0.5, 0.6) is 0 Å². The molecule has 33 heavy (non-hydrogen) atoms. The highest BCUT2D eigenvalue weighted by molar-refractivity contribution is 6.16. The fraction of sp³-hybridized carbons (Fsp3) is 0.292. The van der Waals surface area contributed by atoms with Crippen molar-refractivity contribution < 1.29 is 18.7 Å². The fourth-order valence-electron chi connectivity index (χ4n) is 4.40. The number of urea groups is 1. The number of ether oxygens (including phenoxy) is 1. The molecule has 1 saturated heterocycles. The number of amides is 3. The van der Waals surface area contributed by atoms with Crippen LogP contribution in [0.15, 0.2) is 65.8 Å². The number of guanidine groups is 1. The molecule has 0 saturated carbocycles. The van der Waals surface area contributed by atoms with Crippen LogP contribution in [0.1, 0.15) is 12.5 Å². The van der Waals surface area contributed by atoms with E-state index in [0.717, 1.165) is 11.3 Å². The Morgan fingerprint density at radius 1 is 1.06 bits per heavy atom. The van der Waals surface area contributed by atoms with Crippen LogP contribution in [0.2, 0.25) is 0 Å². The summed E-state index contributed by atoms with van der Waals surface area (Å²) >= 11 is 0. The van der Waals surface area contributed by atoms with Gasteiger partial charge in [-0.25, -0.2) is 14.2 Å². The number of rotatable bonds is 6. The largest absolute Gasteiger partial charge is 0.380 e. The zero-order valence-corrected chi connectivity index (χ0v) is 18.4. The van der Waals surface area contributed by atoms with Gasteiger partial charge in [0.1, 0.15) is 5.82 Å². The first-order valence-corrected chi connectivity index (χ1v) is 10.9. The molecular formula is C24H24FN5O3. The van der Waals surface area contributed by atoms with Gasteiger partial charge >= 0.3 is 6.03 Å². The molecule has 9 heteroatoms. The Morgan fingerprint density at radius 2 is 1.79 bits per heavy atom. The minimum Gasteiger partial charge on any atom is -0.380 e. The van der Waals surface area contributed by atoms with Gasteiger partial charge in [0.15, 0.2) is 12.2 Å². The van der Waals surface area contributed by atoms with Gasteiger partial charge in [-0.2, -0.15) is 0 Å². The standard InChI is InChI=1S/C24H24FN5O3/c1-3-33-14-13-28-22(31)20-21(27(2)24(28)32)26-23-29(20)15-19(16-7-5-4-6-8-16)30(23)18-11-9-17(25)10-12-18/h4-12,15,20-21H,3,13-14H2,1-2H3. The first kappa shape index (κ1) is 21.1. The van der Waals surface area contributed by atoms with Gasteiger partial charge in [-0.3, -0.25) is 19.5 Å². The number of nitrogens with zero attached hydrogens (tertiary/aromatic N) is 5. The number of fused-ring (bicyclic) bond motifs is 3. The molecule has 5 rings (SSSR count). The second-order valence-corrected chi connectivity index (χ2v) is 7.97. The molecule has 0 spiro atoms. The summed E-state index contributed by atoms with van der Waals surface area (Å²) in [7, 11) is 1.65. The summed E-state index contributed by atoms with van der Waals surface area (Å²) in [6.07, 6.45) is 1.23. The molecule has 0 N–H and O–H groups in total. The number of hydrogen-bond acceptors (Lipinski definition) is 6. The Morgan fingerprint density at radius 3 is 2.48 bits per heavy atom. The van der Waals surface area contributed by atoms with Crippen LogP contribution in [0.4, 0.5) is 14.9 Å². The molecule has 2 unspecified atom stereocenters. The van der Waals surface area contributed by atoms with E-state index in [4.69, 9.17) is 9.73 Å². The Kier molecular flexibility index (Phi) is 5.33. The predicted octanol–water partition coefficient (Wildman–Crippen LogP) is 2.94. The molecule has 2 aromatic rings. The predicted molar refractivity (Wildman–Crippen MR) is 122 cm³/mol. The fourth-order valence-corrected chi connectivity index (χ4v) is 4.40. The Balaban J connectivity index is 1.55. The third kappa shape index (κ3) is 3.45. The van der Waals surface area contributed by atoms with Crippen molar-refractivity contribution in [1.29, 1.82) is 0 Å². The van der Waals surface area contributed by atoms with Crippen molar-refractivity contribution in [1.82, 2.24) is 14.7 Å². The molecule has 3 aliphatic rings. The summed E-state index contributed by atoms with van der Waals surface area (Å²) in [6, 6.07) is 14.8. The molecule has 8 nitrogen and oxygen atoms in total. The summed E-state index contributed by atoms with van der Waals surface area (Å²) in [6.45, 7) is 2.83.